The molecule has 1 aliphatic carbocycles. The summed E-state index contributed by atoms with van der Waals surface area (Å²) < 4.78 is 1.69. The van der Waals surface area contributed by atoms with E-state index >= 15 is 0 Å². The summed E-state index contributed by atoms with van der Waals surface area (Å²) in [5.41, 5.74) is 3.61. The number of halogens is 1. The van der Waals surface area contributed by atoms with Crippen LogP contribution in [0.4, 0.5) is 0 Å². The molecule has 0 amide bonds. The van der Waals surface area contributed by atoms with E-state index in [2.05, 4.69) is 25.0 Å². The molecule has 1 N–H and O–H groups in total. The van der Waals surface area contributed by atoms with Crippen molar-refractivity contribution in [3.8, 4) is 5.82 Å². The summed E-state index contributed by atoms with van der Waals surface area (Å²) >= 11 is 6.45. The lowest BCUT2D eigenvalue weighted by Crippen LogP contribution is -2.02. The van der Waals surface area contributed by atoms with E-state index < -0.39 is 0 Å². The molecule has 0 fully saturated rings. The average Bonchev–Trinajstić information content (AvgIpc) is 3.04. The van der Waals surface area contributed by atoms with Gasteiger partial charge in [0.15, 0.2) is 11.5 Å². The van der Waals surface area contributed by atoms with Crippen LogP contribution in [0, 0.1) is 0 Å². The molecule has 0 radical (unpaired) electrons. The molecule has 0 aliphatic heterocycles. The van der Waals surface area contributed by atoms with Crippen LogP contribution in [0.25, 0.3) is 17.0 Å². The summed E-state index contributed by atoms with van der Waals surface area (Å²) in [5, 5.41) is 5.25. The highest BCUT2D eigenvalue weighted by Crippen LogP contribution is 2.30. The van der Waals surface area contributed by atoms with Gasteiger partial charge in [-0.05, 0) is 25.7 Å². The quantitative estimate of drug-likeness (QED) is 0.737. The minimum atomic E-state index is 0.620. The van der Waals surface area contributed by atoms with Gasteiger partial charge in [0.2, 0.25) is 0 Å². The lowest BCUT2D eigenvalue weighted by molar-refractivity contribution is 0.670. The fraction of sp³-hybridized carbons (Fsp3) is 0.333. The average molecular weight is 275 g/mol. The minimum absolute atomic E-state index is 0.620. The Morgan fingerprint density at radius 2 is 2.05 bits per heavy atom. The largest absolute Gasteiger partial charge is 0.340 e. The van der Waals surface area contributed by atoms with Gasteiger partial charge in [-0.25, -0.2) is 19.6 Å². The zero-order valence-electron chi connectivity index (χ0n) is 10.1. The maximum absolute atomic E-state index is 6.45. The van der Waals surface area contributed by atoms with Gasteiger partial charge in [-0.2, -0.15) is 5.10 Å². The summed E-state index contributed by atoms with van der Waals surface area (Å²) in [6.45, 7) is 0. The van der Waals surface area contributed by atoms with Crippen LogP contribution in [-0.4, -0.2) is 29.7 Å². The third-order valence-corrected chi connectivity index (χ3v) is 3.89. The number of fused-ring (bicyclic) bond motifs is 2. The first kappa shape index (κ1) is 10.9. The molecular weight excluding hydrogens is 264 g/mol. The van der Waals surface area contributed by atoms with Crippen molar-refractivity contribution in [2.75, 3.05) is 0 Å². The Hall–Kier alpha value is -1.95. The van der Waals surface area contributed by atoms with Gasteiger partial charge >= 0.3 is 0 Å². The van der Waals surface area contributed by atoms with Gasteiger partial charge in [0, 0.05) is 5.56 Å². The molecule has 3 heterocycles. The topological polar surface area (TPSA) is 72.3 Å². The second-order valence-electron chi connectivity index (χ2n) is 4.63. The monoisotopic (exact) mass is 274 g/mol. The highest BCUT2D eigenvalue weighted by molar-refractivity contribution is 6.30. The summed E-state index contributed by atoms with van der Waals surface area (Å²) in [5.74, 6) is 0.655. The van der Waals surface area contributed by atoms with Crippen LogP contribution < -0.4 is 0 Å². The number of aromatic amines is 1. The van der Waals surface area contributed by atoms with Crippen LogP contribution in [0.1, 0.15) is 24.1 Å². The van der Waals surface area contributed by atoms with Crippen molar-refractivity contribution in [1.29, 1.82) is 0 Å². The first-order valence-electron chi connectivity index (χ1n) is 6.25. The molecule has 6 nitrogen and oxygen atoms in total. The number of aryl methyl sites for hydroxylation is 1. The third kappa shape index (κ3) is 1.56. The van der Waals surface area contributed by atoms with Crippen LogP contribution in [0.5, 0.6) is 0 Å². The smallest absolute Gasteiger partial charge is 0.184 e. The van der Waals surface area contributed by atoms with E-state index in [1.165, 1.54) is 19.2 Å². The van der Waals surface area contributed by atoms with Crippen molar-refractivity contribution in [2.24, 2.45) is 0 Å². The Morgan fingerprint density at radius 3 is 2.95 bits per heavy atom. The number of aromatic nitrogens is 6. The molecule has 96 valence electrons. The molecule has 0 unspecified atom stereocenters. The van der Waals surface area contributed by atoms with Gasteiger partial charge < -0.3 is 4.98 Å². The number of nitrogens with one attached hydrogen (secondary N) is 1. The Kier molecular flexibility index (Phi) is 2.32. The zero-order valence-corrected chi connectivity index (χ0v) is 10.9. The number of hydrogen-bond acceptors (Lipinski definition) is 4. The fourth-order valence-corrected chi connectivity index (χ4v) is 2.89. The summed E-state index contributed by atoms with van der Waals surface area (Å²) in [7, 11) is 0. The standard InChI is InChI=1S/C12H11ClN6/c13-10-7-3-1-2-4-8(7)18-19(10)12-9-11(15-5-14-9)16-6-17-12/h5-6H,1-4H2,(H,14,15,16,17). The molecule has 4 rings (SSSR count). The molecule has 0 spiro atoms. The minimum Gasteiger partial charge on any atom is -0.340 e. The van der Waals surface area contributed by atoms with E-state index in [-0.39, 0.29) is 0 Å². The summed E-state index contributed by atoms with van der Waals surface area (Å²) in [4.78, 5) is 15.6. The Morgan fingerprint density at radius 1 is 1.16 bits per heavy atom. The normalized spacial score (nSPS) is 14.8. The van der Waals surface area contributed by atoms with Gasteiger partial charge in [0.1, 0.15) is 17.0 Å². The van der Waals surface area contributed by atoms with Crippen LogP contribution in [0.3, 0.4) is 0 Å². The van der Waals surface area contributed by atoms with Crippen molar-refractivity contribution >= 4 is 22.8 Å². The highest BCUT2D eigenvalue weighted by atomic mass is 35.5. The number of hydrogen-bond donors (Lipinski definition) is 1. The molecular formula is C12H11ClN6. The predicted octanol–water partition coefficient (Wildman–Crippen LogP) is 2.07. The number of nitrogens with zero attached hydrogens (tertiary/aromatic N) is 5. The van der Waals surface area contributed by atoms with Crippen molar-refractivity contribution in [3.05, 3.63) is 29.1 Å². The molecule has 19 heavy (non-hydrogen) atoms. The molecule has 1 aliphatic rings. The molecule has 0 atom stereocenters. The van der Waals surface area contributed by atoms with E-state index in [0.29, 0.717) is 16.6 Å². The second kappa shape index (κ2) is 4.03. The van der Waals surface area contributed by atoms with Gasteiger partial charge in [-0.1, -0.05) is 11.6 Å². The molecule has 0 saturated carbocycles. The van der Waals surface area contributed by atoms with Crippen LogP contribution in [0.15, 0.2) is 12.7 Å². The highest BCUT2D eigenvalue weighted by Gasteiger charge is 2.22. The van der Waals surface area contributed by atoms with Gasteiger partial charge in [-0.15, -0.1) is 0 Å². The maximum Gasteiger partial charge on any atom is 0.184 e. The van der Waals surface area contributed by atoms with Crippen LogP contribution in [-0.2, 0) is 12.8 Å². The molecule has 0 bridgehead atoms. The van der Waals surface area contributed by atoms with E-state index in [4.69, 9.17) is 11.6 Å². The number of H-pyrrole nitrogens is 1. The Labute approximate surface area is 113 Å². The zero-order chi connectivity index (χ0) is 12.8. The van der Waals surface area contributed by atoms with E-state index in [0.717, 1.165) is 29.6 Å². The molecule has 3 aromatic heterocycles. The van der Waals surface area contributed by atoms with E-state index in [1.807, 2.05) is 0 Å². The maximum atomic E-state index is 6.45. The van der Waals surface area contributed by atoms with Crippen molar-refractivity contribution < 1.29 is 0 Å². The van der Waals surface area contributed by atoms with Crippen molar-refractivity contribution in [1.82, 2.24) is 29.7 Å². The van der Waals surface area contributed by atoms with Crippen LogP contribution in [0.2, 0.25) is 5.15 Å². The molecule has 0 saturated heterocycles. The van der Waals surface area contributed by atoms with Gasteiger partial charge in [0.25, 0.3) is 0 Å². The Bertz CT molecular complexity index is 759. The van der Waals surface area contributed by atoms with Gasteiger partial charge in [0.05, 0.1) is 12.0 Å². The third-order valence-electron chi connectivity index (χ3n) is 3.50. The SMILES string of the molecule is Clc1c2c(nn1-c1ncnc3nc[nH]c13)CCCC2. The Balaban J connectivity index is 1.97. The summed E-state index contributed by atoms with van der Waals surface area (Å²) in [6, 6.07) is 0. The van der Waals surface area contributed by atoms with Crippen molar-refractivity contribution in [2.45, 2.75) is 25.7 Å². The number of imidazole rings is 1. The fourth-order valence-electron chi connectivity index (χ4n) is 2.57. The number of rotatable bonds is 1. The van der Waals surface area contributed by atoms with Crippen LogP contribution >= 0.6 is 11.6 Å². The molecule has 0 aromatic carbocycles. The lowest BCUT2D eigenvalue weighted by atomic mass is 9.99. The molecule has 3 aromatic rings. The molecule has 7 heteroatoms. The summed E-state index contributed by atoms with van der Waals surface area (Å²) in [6.07, 6.45) is 7.39. The van der Waals surface area contributed by atoms with Gasteiger partial charge in [-0.3, -0.25) is 0 Å². The first-order valence-corrected chi connectivity index (χ1v) is 6.63. The second-order valence-corrected chi connectivity index (χ2v) is 4.99. The predicted molar refractivity (Wildman–Crippen MR) is 70.5 cm³/mol. The van der Waals surface area contributed by atoms with Crippen molar-refractivity contribution in [3.63, 3.8) is 0 Å². The lowest BCUT2D eigenvalue weighted by Gasteiger charge is -2.07. The van der Waals surface area contributed by atoms with E-state index in [1.54, 1.807) is 11.0 Å². The van der Waals surface area contributed by atoms with E-state index in [9.17, 15) is 0 Å². The first-order chi connectivity index (χ1) is 9.34.